The Balaban J connectivity index is 1.37. The lowest BCUT2D eigenvalue weighted by Gasteiger charge is -2.38. The number of aryl methyl sites for hydroxylation is 1. The summed E-state index contributed by atoms with van der Waals surface area (Å²) in [5.41, 5.74) is 9.16. The van der Waals surface area contributed by atoms with Crippen molar-refractivity contribution in [3.8, 4) is 0 Å². The number of aromatic nitrogens is 3. The van der Waals surface area contributed by atoms with Gasteiger partial charge in [-0.1, -0.05) is 32.9 Å². The second kappa shape index (κ2) is 10.7. The smallest absolute Gasteiger partial charge is 0.313 e. The Hall–Kier alpha value is -3.46. The number of hydrogen-bond donors (Lipinski definition) is 2. The number of nitrogen functional groups attached to an aromatic ring is 1. The van der Waals surface area contributed by atoms with Crippen molar-refractivity contribution < 1.29 is 9.59 Å². The van der Waals surface area contributed by atoms with E-state index in [1.54, 1.807) is 11.0 Å². The highest BCUT2D eigenvalue weighted by molar-refractivity contribution is 6.39. The largest absolute Gasteiger partial charge is 0.383 e. The highest BCUT2D eigenvalue weighted by Gasteiger charge is 2.35. The Morgan fingerprint density at radius 3 is 2.71 bits per heavy atom. The van der Waals surface area contributed by atoms with Gasteiger partial charge in [-0.15, -0.1) is 0 Å². The Kier molecular flexibility index (Phi) is 7.38. The van der Waals surface area contributed by atoms with Gasteiger partial charge in [-0.05, 0) is 74.4 Å². The molecule has 0 spiro atoms. The van der Waals surface area contributed by atoms with Crippen molar-refractivity contribution in [2.45, 2.75) is 58.5 Å². The van der Waals surface area contributed by atoms with E-state index in [1.165, 1.54) is 6.20 Å². The third kappa shape index (κ3) is 5.25. The molecule has 202 valence electrons. The average molecular weight is 518 g/mol. The molecule has 9 nitrogen and oxygen atoms in total. The highest BCUT2D eigenvalue weighted by Crippen LogP contribution is 2.35. The van der Waals surface area contributed by atoms with E-state index in [1.807, 2.05) is 6.92 Å². The van der Waals surface area contributed by atoms with Crippen LogP contribution >= 0.6 is 0 Å². The van der Waals surface area contributed by atoms with Crippen LogP contribution in [-0.4, -0.2) is 63.1 Å². The van der Waals surface area contributed by atoms with Crippen molar-refractivity contribution in [2.75, 3.05) is 37.7 Å². The maximum absolute atomic E-state index is 13.4. The van der Waals surface area contributed by atoms with Crippen LogP contribution < -0.4 is 11.1 Å². The van der Waals surface area contributed by atoms with Crippen LogP contribution in [0.1, 0.15) is 63.2 Å². The summed E-state index contributed by atoms with van der Waals surface area (Å²) in [5.74, 6) is 0.104. The number of anilines is 2. The molecule has 0 unspecified atom stereocenters. The monoisotopic (exact) mass is 517 g/mol. The topological polar surface area (TPSA) is 109 Å². The zero-order valence-corrected chi connectivity index (χ0v) is 22.9. The van der Waals surface area contributed by atoms with Crippen LogP contribution in [0.25, 0.3) is 10.9 Å². The number of pyridine rings is 1. The van der Waals surface area contributed by atoms with E-state index < -0.39 is 11.8 Å². The van der Waals surface area contributed by atoms with Gasteiger partial charge >= 0.3 is 11.8 Å². The van der Waals surface area contributed by atoms with Gasteiger partial charge < -0.3 is 20.9 Å². The molecule has 4 heterocycles. The number of piperidine rings is 2. The summed E-state index contributed by atoms with van der Waals surface area (Å²) in [6, 6.07) is 8.28. The van der Waals surface area contributed by atoms with Gasteiger partial charge in [0.2, 0.25) is 0 Å². The van der Waals surface area contributed by atoms with Gasteiger partial charge in [-0.25, -0.2) is 4.98 Å². The molecular weight excluding hydrogens is 478 g/mol. The molecule has 2 aliphatic rings. The van der Waals surface area contributed by atoms with Crippen LogP contribution in [-0.2, 0) is 16.0 Å². The number of carbonyl (C=O) groups excluding carboxylic acids is 2. The molecule has 0 aliphatic carbocycles. The van der Waals surface area contributed by atoms with Crippen molar-refractivity contribution in [3.63, 3.8) is 0 Å². The quantitative estimate of drug-likeness (QED) is 0.506. The number of carbonyl (C=O) groups is 2. The Labute approximate surface area is 224 Å². The van der Waals surface area contributed by atoms with Crippen LogP contribution in [0.5, 0.6) is 0 Å². The molecule has 4 atom stereocenters. The van der Waals surface area contributed by atoms with Crippen LogP contribution in [0, 0.1) is 11.8 Å². The lowest BCUT2D eigenvalue weighted by atomic mass is 9.89. The van der Waals surface area contributed by atoms with Crippen LogP contribution in [0.15, 0.2) is 36.7 Å². The normalized spacial score (nSPS) is 24.5. The number of nitrogens with one attached hydrogen (secondary N) is 1. The molecule has 5 rings (SSSR count). The van der Waals surface area contributed by atoms with Crippen molar-refractivity contribution in [1.82, 2.24) is 24.6 Å². The SMILES string of the molecule is CCc1cc(NC(=O)C(=O)N2C[C@@H](C)CC[C@@H]2c2ccc3cn([C@H]4CCN(C)C[C@H]4C)nc3c2)cnc1N. The minimum absolute atomic E-state index is 0.169. The molecule has 2 aromatic heterocycles. The maximum Gasteiger partial charge on any atom is 0.313 e. The number of benzene rings is 1. The predicted molar refractivity (Wildman–Crippen MR) is 150 cm³/mol. The first-order valence-corrected chi connectivity index (χ1v) is 13.8. The lowest BCUT2D eigenvalue weighted by Crippen LogP contribution is -2.46. The maximum atomic E-state index is 13.4. The summed E-state index contributed by atoms with van der Waals surface area (Å²) in [7, 11) is 2.17. The van der Waals surface area contributed by atoms with Crippen molar-refractivity contribution in [3.05, 3.63) is 47.8 Å². The third-order valence-electron chi connectivity index (χ3n) is 8.25. The second-order valence-electron chi connectivity index (χ2n) is 11.3. The number of nitrogens with two attached hydrogens (primary N) is 1. The molecular formula is C29H39N7O2. The fourth-order valence-corrected chi connectivity index (χ4v) is 6.08. The van der Waals surface area contributed by atoms with Gasteiger partial charge in [-0.2, -0.15) is 5.10 Å². The molecule has 9 heteroatoms. The number of rotatable bonds is 4. The van der Waals surface area contributed by atoms with Crippen LogP contribution in [0.4, 0.5) is 11.5 Å². The van der Waals surface area contributed by atoms with E-state index in [2.05, 4.69) is 65.2 Å². The fourth-order valence-electron chi connectivity index (χ4n) is 6.08. The summed E-state index contributed by atoms with van der Waals surface area (Å²) < 4.78 is 2.14. The van der Waals surface area contributed by atoms with Gasteiger partial charge in [0.15, 0.2) is 0 Å². The minimum atomic E-state index is -0.653. The molecule has 0 saturated carbocycles. The average Bonchev–Trinajstić information content (AvgIpc) is 3.32. The van der Waals surface area contributed by atoms with E-state index in [9.17, 15) is 9.59 Å². The van der Waals surface area contributed by atoms with E-state index >= 15 is 0 Å². The van der Waals surface area contributed by atoms with Crippen molar-refractivity contribution in [2.24, 2.45) is 11.8 Å². The molecule has 2 fully saturated rings. The first kappa shape index (κ1) is 26.2. The van der Waals surface area contributed by atoms with Gasteiger partial charge in [0.05, 0.1) is 29.5 Å². The lowest BCUT2D eigenvalue weighted by molar-refractivity contribution is -0.146. The van der Waals surface area contributed by atoms with Gasteiger partial charge in [-0.3, -0.25) is 14.3 Å². The second-order valence-corrected chi connectivity index (χ2v) is 11.3. The van der Waals surface area contributed by atoms with Crippen molar-refractivity contribution in [1.29, 1.82) is 0 Å². The van der Waals surface area contributed by atoms with Crippen LogP contribution in [0.3, 0.4) is 0 Å². The molecule has 38 heavy (non-hydrogen) atoms. The Morgan fingerprint density at radius 1 is 1.13 bits per heavy atom. The zero-order valence-electron chi connectivity index (χ0n) is 22.9. The Morgan fingerprint density at radius 2 is 1.95 bits per heavy atom. The van der Waals surface area contributed by atoms with Crippen molar-refractivity contribution >= 4 is 34.2 Å². The van der Waals surface area contributed by atoms with Crippen LogP contribution in [0.2, 0.25) is 0 Å². The number of likely N-dealkylation sites (tertiary alicyclic amines) is 2. The Bertz CT molecular complexity index is 1340. The number of hydrogen-bond acceptors (Lipinski definition) is 6. The molecule has 3 aromatic rings. The summed E-state index contributed by atoms with van der Waals surface area (Å²) in [6.07, 6.45) is 7.22. The van der Waals surface area contributed by atoms with Gasteiger partial charge in [0.1, 0.15) is 5.82 Å². The molecule has 2 aliphatic heterocycles. The minimum Gasteiger partial charge on any atom is -0.383 e. The first-order chi connectivity index (χ1) is 18.2. The predicted octanol–water partition coefficient (Wildman–Crippen LogP) is 4.03. The molecule has 3 N–H and O–H groups in total. The van der Waals surface area contributed by atoms with E-state index in [0.717, 1.165) is 54.4 Å². The summed E-state index contributed by atoms with van der Waals surface area (Å²) in [4.78, 5) is 34.7. The van der Waals surface area contributed by atoms with Gasteiger partial charge in [0, 0.05) is 24.7 Å². The molecule has 2 saturated heterocycles. The number of fused-ring (bicyclic) bond motifs is 1. The molecule has 0 radical (unpaired) electrons. The number of amides is 2. The fraction of sp³-hybridized carbons (Fsp3) is 0.517. The summed E-state index contributed by atoms with van der Waals surface area (Å²) in [5, 5.41) is 8.80. The summed E-state index contributed by atoms with van der Waals surface area (Å²) >= 11 is 0. The van der Waals surface area contributed by atoms with E-state index in [4.69, 9.17) is 10.8 Å². The van der Waals surface area contributed by atoms with Gasteiger partial charge in [0.25, 0.3) is 0 Å². The molecule has 0 bridgehead atoms. The number of nitrogens with zero attached hydrogens (tertiary/aromatic N) is 5. The first-order valence-electron chi connectivity index (χ1n) is 13.8. The highest BCUT2D eigenvalue weighted by atomic mass is 16.2. The summed E-state index contributed by atoms with van der Waals surface area (Å²) in [6.45, 7) is 9.06. The zero-order chi connectivity index (χ0) is 27.0. The van der Waals surface area contributed by atoms with E-state index in [-0.39, 0.29) is 6.04 Å². The third-order valence-corrected chi connectivity index (χ3v) is 8.25. The van der Waals surface area contributed by atoms with E-state index in [0.29, 0.717) is 42.3 Å². The molecule has 2 amide bonds. The molecule has 1 aromatic carbocycles. The standard InChI is InChI=1S/C29H39N7O2/c1-5-20-12-23(14-31-27(20)30)32-28(37)29(38)35-15-18(2)6-9-26(35)21-7-8-22-17-36(33-24(22)13-21)25-10-11-34(4)16-19(25)3/h7-8,12-14,17-19,25-26H,5-6,9-11,15-16H2,1-4H3,(H2,30,31)(H,32,37)/t18-,19+,25-,26+/m0/s1.